The molecular weight excluding hydrogens is 283 g/mol. The number of hydrogen-bond acceptors (Lipinski definition) is 2. The van der Waals surface area contributed by atoms with Crippen molar-refractivity contribution >= 4 is 17.4 Å². The minimum atomic E-state index is -4.37. The van der Waals surface area contributed by atoms with Gasteiger partial charge in [0, 0.05) is 0 Å². The molecule has 5 N–H and O–H groups in total. The molecule has 110 valence electrons. The van der Waals surface area contributed by atoms with Crippen LogP contribution < -0.4 is 16.8 Å². The first kappa shape index (κ1) is 14.7. The third-order valence-electron chi connectivity index (χ3n) is 2.85. The SMILES string of the molecule is NC(=O)Nc1ccc(-c2ccc(C(F)(F)F)cc2)cc1N. The van der Waals surface area contributed by atoms with Crippen LogP contribution in [0.3, 0.4) is 0 Å². The minimum Gasteiger partial charge on any atom is -0.397 e. The molecule has 0 saturated heterocycles. The first-order valence-corrected chi connectivity index (χ1v) is 5.91. The molecule has 0 aliphatic rings. The Morgan fingerprint density at radius 3 is 2.05 bits per heavy atom. The highest BCUT2D eigenvalue weighted by atomic mass is 19.4. The maximum absolute atomic E-state index is 12.5. The summed E-state index contributed by atoms with van der Waals surface area (Å²) in [6.07, 6.45) is -4.37. The van der Waals surface area contributed by atoms with Crippen molar-refractivity contribution in [2.75, 3.05) is 11.1 Å². The van der Waals surface area contributed by atoms with Gasteiger partial charge in [0.1, 0.15) is 0 Å². The van der Waals surface area contributed by atoms with Gasteiger partial charge in [0.25, 0.3) is 0 Å². The lowest BCUT2D eigenvalue weighted by molar-refractivity contribution is -0.137. The van der Waals surface area contributed by atoms with E-state index in [1.807, 2.05) is 0 Å². The highest BCUT2D eigenvalue weighted by Gasteiger charge is 2.29. The van der Waals surface area contributed by atoms with Gasteiger partial charge in [-0.1, -0.05) is 18.2 Å². The van der Waals surface area contributed by atoms with E-state index in [2.05, 4.69) is 5.32 Å². The largest absolute Gasteiger partial charge is 0.416 e. The summed E-state index contributed by atoms with van der Waals surface area (Å²) in [7, 11) is 0. The van der Waals surface area contributed by atoms with Crippen LogP contribution in [-0.4, -0.2) is 6.03 Å². The third kappa shape index (κ3) is 3.44. The van der Waals surface area contributed by atoms with Crippen molar-refractivity contribution in [2.24, 2.45) is 5.73 Å². The molecule has 0 fully saturated rings. The lowest BCUT2D eigenvalue weighted by Gasteiger charge is -2.10. The molecule has 21 heavy (non-hydrogen) atoms. The molecule has 2 amide bonds. The molecule has 0 saturated carbocycles. The quantitative estimate of drug-likeness (QED) is 0.742. The van der Waals surface area contributed by atoms with Crippen molar-refractivity contribution in [1.29, 1.82) is 0 Å². The van der Waals surface area contributed by atoms with Crippen LogP contribution >= 0.6 is 0 Å². The predicted molar refractivity (Wildman–Crippen MR) is 74.5 cm³/mol. The molecule has 0 aromatic heterocycles. The number of hydrogen-bond donors (Lipinski definition) is 3. The van der Waals surface area contributed by atoms with Gasteiger partial charge in [0.05, 0.1) is 16.9 Å². The highest BCUT2D eigenvalue weighted by molar-refractivity contribution is 5.92. The van der Waals surface area contributed by atoms with E-state index in [0.29, 0.717) is 16.8 Å². The average molecular weight is 295 g/mol. The van der Waals surface area contributed by atoms with E-state index >= 15 is 0 Å². The fourth-order valence-corrected chi connectivity index (χ4v) is 1.84. The monoisotopic (exact) mass is 295 g/mol. The van der Waals surface area contributed by atoms with Crippen LogP contribution in [0, 0.1) is 0 Å². The molecule has 0 radical (unpaired) electrons. The zero-order valence-electron chi connectivity index (χ0n) is 10.7. The van der Waals surface area contributed by atoms with Gasteiger partial charge in [-0.3, -0.25) is 0 Å². The van der Waals surface area contributed by atoms with Crippen LogP contribution in [0.15, 0.2) is 42.5 Å². The van der Waals surface area contributed by atoms with E-state index in [4.69, 9.17) is 11.5 Å². The fraction of sp³-hybridized carbons (Fsp3) is 0.0714. The molecule has 2 aromatic rings. The van der Waals surface area contributed by atoms with Gasteiger partial charge >= 0.3 is 12.2 Å². The first-order valence-electron chi connectivity index (χ1n) is 5.91. The molecule has 0 unspecified atom stereocenters. The van der Waals surface area contributed by atoms with E-state index in [1.165, 1.54) is 18.2 Å². The van der Waals surface area contributed by atoms with Gasteiger partial charge in [-0.25, -0.2) is 4.79 Å². The Hall–Kier alpha value is -2.70. The molecule has 7 heteroatoms. The maximum Gasteiger partial charge on any atom is 0.416 e. The van der Waals surface area contributed by atoms with Gasteiger partial charge < -0.3 is 16.8 Å². The number of amides is 2. The fourth-order valence-electron chi connectivity index (χ4n) is 1.84. The Morgan fingerprint density at radius 2 is 1.57 bits per heavy atom. The number of nitrogens with two attached hydrogens (primary N) is 2. The van der Waals surface area contributed by atoms with Crippen molar-refractivity contribution in [3.05, 3.63) is 48.0 Å². The van der Waals surface area contributed by atoms with Gasteiger partial charge in [-0.2, -0.15) is 13.2 Å². The summed E-state index contributed by atoms with van der Waals surface area (Å²) < 4.78 is 37.5. The second kappa shape index (κ2) is 5.35. The molecule has 0 atom stereocenters. The highest BCUT2D eigenvalue weighted by Crippen LogP contribution is 2.32. The zero-order chi connectivity index (χ0) is 15.6. The summed E-state index contributed by atoms with van der Waals surface area (Å²) >= 11 is 0. The number of urea groups is 1. The van der Waals surface area contributed by atoms with E-state index in [0.717, 1.165) is 12.1 Å². The average Bonchev–Trinajstić information content (AvgIpc) is 2.40. The smallest absolute Gasteiger partial charge is 0.397 e. The number of carbonyl (C=O) groups is 1. The summed E-state index contributed by atoms with van der Waals surface area (Å²) in [5, 5.41) is 2.35. The number of nitrogens with one attached hydrogen (secondary N) is 1. The molecule has 0 heterocycles. The van der Waals surface area contributed by atoms with Gasteiger partial charge in [-0.15, -0.1) is 0 Å². The molecule has 0 spiro atoms. The minimum absolute atomic E-state index is 0.270. The van der Waals surface area contributed by atoms with E-state index in [-0.39, 0.29) is 5.69 Å². The first-order chi connectivity index (χ1) is 9.77. The van der Waals surface area contributed by atoms with E-state index < -0.39 is 17.8 Å². The molecule has 0 bridgehead atoms. The topological polar surface area (TPSA) is 81.1 Å². The van der Waals surface area contributed by atoms with E-state index in [1.54, 1.807) is 12.1 Å². The molecule has 0 aliphatic carbocycles. The standard InChI is InChI=1S/C14H12F3N3O/c15-14(16,17)10-4-1-8(2-5-10)9-3-6-12(11(18)7-9)20-13(19)21/h1-7H,18H2,(H3,19,20,21). The van der Waals surface area contributed by atoms with Crippen molar-refractivity contribution in [2.45, 2.75) is 6.18 Å². The number of benzene rings is 2. The number of anilines is 2. The van der Waals surface area contributed by atoms with Crippen LogP contribution in [0.1, 0.15) is 5.56 Å². The van der Waals surface area contributed by atoms with Crippen LogP contribution in [0.5, 0.6) is 0 Å². The van der Waals surface area contributed by atoms with Crippen LogP contribution in [0.25, 0.3) is 11.1 Å². The van der Waals surface area contributed by atoms with E-state index in [9.17, 15) is 18.0 Å². The Kier molecular flexibility index (Phi) is 3.75. The molecule has 4 nitrogen and oxygen atoms in total. The summed E-state index contributed by atoms with van der Waals surface area (Å²) in [5.41, 5.74) is 11.9. The summed E-state index contributed by atoms with van der Waals surface area (Å²) in [6, 6.07) is 8.69. The van der Waals surface area contributed by atoms with Crippen LogP contribution in [-0.2, 0) is 6.18 Å². The molecule has 2 aromatic carbocycles. The summed E-state index contributed by atoms with van der Waals surface area (Å²) in [6.45, 7) is 0. The van der Waals surface area contributed by atoms with Gasteiger partial charge in [-0.05, 0) is 35.4 Å². The summed E-state index contributed by atoms with van der Waals surface area (Å²) in [5.74, 6) is 0. The lowest BCUT2D eigenvalue weighted by atomic mass is 10.0. The molecular formula is C14H12F3N3O. The van der Waals surface area contributed by atoms with Crippen LogP contribution in [0.2, 0.25) is 0 Å². The second-order valence-electron chi connectivity index (χ2n) is 4.37. The number of halogens is 3. The number of nitrogen functional groups attached to an aromatic ring is 1. The maximum atomic E-state index is 12.5. The van der Waals surface area contributed by atoms with Crippen molar-refractivity contribution < 1.29 is 18.0 Å². The normalized spacial score (nSPS) is 11.2. The molecule has 0 aliphatic heterocycles. The number of rotatable bonds is 2. The Labute approximate surface area is 118 Å². The number of alkyl halides is 3. The zero-order valence-corrected chi connectivity index (χ0v) is 10.7. The number of carbonyl (C=O) groups excluding carboxylic acids is 1. The van der Waals surface area contributed by atoms with Gasteiger partial charge in [0.2, 0.25) is 0 Å². The summed E-state index contributed by atoms with van der Waals surface area (Å²) in [4.78, 5) is 10.8. The predicted octanol–water partition coefficient (Wildman–Crippen LogP) is 3.45. The molecule has 2 rings (SSSR count). The van der Waals surface area contributed by atoms with Gasteiger partial charge in [0.15, 0.2) is 0 Å². The third-order valence-corrected chi connectivity index (χ3v) is 2.85. The Morgan fingerprint density at radius 1 is 1.00 bits per heavy atom. The second-order valence-corrected chi connectivity index (χ2v) is 4.37. The van der Waals surface area contributed by atoms with Crippen molar-refractivity contribution in [3.63, 3.8) is 0 Å². The van der Waals surface area contributed by atoms with Crippen LogP contribution in [0.4, 0.5) is 29.3 Å². The Bertz CT molecular complexity index is 666. The lowest BCUT2D eigenvalue weighted by Crippen LogP contribution is -2.20. The Balaban J connectivity index is 2.30. The number of primary amides is 1. The van der Waals surface area contributed by atoms with Crippen molar-refractivity contribution in [3.8, 4) is 11.1 Å². The van der Waals surface area contributed by atoms with Crippen molar-refractivity contribution in [1.82, 2.24) is 0 Å².